The van der Waals surface area contributed by atoms with Crippen LogP contribution < -0.4 is 4.74 Å². The van der Waals surface area contributed by atoms with E-state index in [1.54, 1.807) is 0 Å². The normalized spacial score (nSPS) is 20.9. The Morgan fingerprint density at radius 1 is 1.30 bits per heavy atom. The second-order valence-electron chi connectivity index (χ2n) is 6.53. The average molecular weight is 318 g/mol. The van der Waals surface area contributed by atoms with E-state index < -0.39 is 0 Å². The lowest BCUT2D eigenvalue weighted by Crippen LogP contribution is -2.08. The summed E-state index contributed by atoms with van der Waals surface area (Å²) in [4.78, 5) is 11.6. The van der Waals surface area contributed by atoms with Gasteiger partial charge in [-0.1, -0.05) is 26.8 Å². The van der Waals surface area contributed by atoms with Gasteiger partial charge in [-0.15, -0.1) is 0 Å². The van der Waals surface area contributed by atoms with Gasteiger partial charge in [0.15, 0.2) is 0 Å². The van der Waals surface area contributed by atoms with E-state index in [9.17, 15) is 4.79 Å². The van der Waals surface area contributed by atoms with E-state index in [0.717, 1.165) is 44.5 Å². The third kappa shape index (κ3) is 4.49. The number of ether oxygens (including phenoxy) is 2. The van der Waals surface area contributed by atoms with Crippen LogP contribution >= 0.6 is 0 Å². The Hall–Kier alpha value is -1.51. The van der Waals surface area contributed by atoms with Gasteiger partial charge in [-0.2, -0.15) is 0 Å². The zero-order valence-corrected chi connectivity index (χ0v) is 14.9. The number of benzene rings is 1. The average Bonchev–Trinajstić information content (AvgIpc) is 3.36. The maximum absolute atomic E-state index is 11.6. The summed E-state index contributed by atoms with van der Waals surface area (Å²) in [5.74, 6) is 2.08. The largest absolute Gasteiger partial charge is 0.494 e. The minimum absolute atomic E-state index is 0.0381. The first-order valence-corrected chi connectivity index (χ1v) is 8.97. The SMILES string of the molecule is CCCOc1ccc(C(CC)CC2CC2C(=O)OC)c(CC)c1. The van der Waals surface area contributed by atoms with Crippen LogP contribution in [-0.4, -0.2) is 19.7 Å². The number of rotatable bonds is 9. The Bertz CT molecular complexity index is 524. The molecule has 1 aromatic rings. The number of methoxy groups -OCH3 is 1. The fraction of sp³-hybridized carbons (Fsp3) is 0.650. The number of carbonyl (C=O) groups is 1. The fourth-order valence-electron chi connectivity index (χ4n) is 3.42. The lowest BCUT2D eigenvalue weighted by atomic mass is 9.86. The molecule has 0 N–H and O–H groups in total. The van der Waals surface area contributed by atoms with Crippen molar-refractivity contribution < 1.29 is 14.3 Å². The maximum atomic E-state index is 11.6. The van der Waals surface area contributed by atoms with Crippen molar-refractivity contribution in [2.24, 2.45) is 11.8 Å². The number of aryl methyl sites for hydroxylation is 1. The number of hydrogen-bond donors (Lipinski definition) is 0. The molecular formula is C20H30O3. The molecule has 0 aromatic heterocycles. The first-order chi connectivity index (χ1) is 11.1. The van der Waals surface area contributed by atoms with Crippen LogP contribution in [0, 0.1) is 11.8 Å². The van der Waals surface area contributed by atoms with E-state index in [-0.39, 0.29) is 11.9 Å². The molecule has 0 aliphatic heterocycles. The molecule has 3 heteroatoms. The van der Waals surface area contributed by atoms with Gasteiger partial charge in [0.2, 0.25) is 0 Å². The molecule has 3 atom stereocenters. The molecule has 1 aliphatic carbocycles. The van der Waals surface area contributed by atoms with Gasteiger partial charge < -0.3 is 9.47 Å². The molecule has 0 amide bonds. The van der Waals surface area contributed by atoms with Crippen molar-refractivity contribution in [3.63, 3.8) is 0 Å². The molecule has 128 valence electrons. The smallest absolute Gasteiger partial charge is 0.308 e. The Kier molecular flexibility index (Phi) is 6.49. The molecular weight excluding hydrogens is 288 g/mol. The van der Waals surface area contributed by atoms with Crippen molar-refractivity contribution in [3.05, 3.63) is 29.3 Å². The predicted molar refractivity (Wildman–Crippen MR) is 92.9 cm³/mol. The summed E-state index contributed by atoms with van der Waals surface area (Å²) in [5, 5.41) is 0. The van der Waals surface area contributed by atoms with Gasteiger partial charge >= 0.3 is 5.97 Å². The standard InChI is InChI=1S/C20H30O3/c1-5-10-23-17-8-9-18(15(7-3)12-17)14(6-2)11-16-13-19(16)20(21)22-4/h8-9,12,14,16,19H,5-7,10-11,13H2,1-4H3. The van der Waals surface area contributed by atoms with Crippen LogP contribution in [0.5, 0.6) is 5.75 Å². The highest BCUT2D eigenvalue weighted by Gasteiger charge is 2.44. The maximum Gasteiger partial charge on any atom is 0.308 e. The molecule has 0 spiro atoms. The molecule has 0 bridgehead atoms. The molecule has 2 rings (SSSR count). The molecule has 0 heterocycles. The number of carbonyl (C=O) groups excluding carboxylic acids is 1. The van der Waals surface area contributed by atoms with Gasteiger partial charge in [0.05, 0.1) is 19.6 Å². The van der Waals surface area contributed by atoms with Gasteiger partial charge in [0, 0.05) is 0 Å². The summed E-state index contributed by atoms with van der Waals surface area (Å²) in [6.07, 6.45) is 5.21. The van der Waals surface area contributed by atoms with Crippen LogP contribution in [0.2, 0.25) is 0 Å². The van der Waals surface area contributed by atoms with Gasteiger partial charge in [0.25, 0.3) is 0 Å². The quantitative estimate of drug-likeness (QED) is 0.617. The van der Waals surface area contributed by atoms with Crippen LogP contribution in [-0.2, 0) is 16.0 Å². The van der Waals surface area contributed by atoms with E-state index in [4.69, 9.17) is 9.47 Å². The molecule has 0 saturated heterocycles. The van der Waals surface area contributed by atoms with Crippen LogP contribution in [0.3, 0.4) is 0 Å². The van der Waals surface area contributed by atoms with Crippen molar-refractivity contribution in [3.8, 4) is 5.75 Å². The van der Waals surface area contributed by atoms with Crippen molar-refractivity contribution in [1.29, 1.82) is 0 Å². The fourth-order valence-corrected chi connectivity index (χ4v) is 3.42. The molecule has 1 saturated carbocycles. The van der Waals surface area contributed by atoms with Crippen LogP contribution in [0.4, 0.5) is 0 Å². The van der Waals surface area contributed by atoms with Crippen molar-refractivity contribution >= 4 is 5.97 Å². The number of hydrogen-bond acceptors (Lipinski definition) is 3. The van der Waals surface area contributed by atoms with E-state index in [0.29, 0.717) is 11.8 Å². The Balaban J connectivity index is 2.07. The van der Waals surface area contributed by atoms with E-state index >= 15 is 0 Å². The highest BCUT2D eigenvalue weighted by molar-refractivity contribution is 5.75. The summed E-state index contributed by atoms with van der Waals surface area (Å²) in [5.41, 5.74) is 2.80. The highest BCUT2D eigenvalue weighted by atomic mass is 16.5. The molecule has 1 aromatic carbocycles. The van der Waals surface area contributed by atoms with Gasteiger partial charge in [-0.3, -0.25) is 4.79 Å². The molecule has 1 fully saturated rings. The topological polar surface area (TPSA) is 35.5 Å². The summed E-state index contributed by atoms with van der Waals surface area (Å²) in [6, 6.07) is 6.52. The summed E-state index contributed by atoms with van der Waals surface area (Å²) in [7, 11) is 1.49. The van der Waals surface area contributed by atoms with E-state index in [1.165, 1.54) is 18.2 Å². The van der Waals surface area contributed by atoms with Crippen molar-refractivity contribution in [2.75, 3.05) is 13.7 Å². The summed E-state index contributed by atoms with van der Waals surface area (Å²) >= 11 is 0. The minimum atomic E-state index is -0.0381. The van der Waals surface area contributed by atoms with Crippen LogP contribution in [0.25, 0.3) is 0 Å². The first kappa shape index (κ1) is 17.8. The number of esters is 1. The lowest BCUT2D eigenvalue weighted by Gasteiger charge is -2.20. The van der Waals surface area contributed by atoms with Crippen LogP contribution in [0.15, 0.2) is 18.2 Å². The minimum Gasteiger partial charge on any atom is -0.494 e. The zero-order chi connectivity index (χ0) is 16.8. The van der Waals surface area contributed by atoms with Crippen molar-refractivity contribution in [2.45, 2.75) is 58.8 Å². The third-order valence-electron chi connectivity index (χ3n) is 4.91. The molecule has 3 unspecified atom stereocenters. The zero-order valence-electron chi connectivity index (χ0n) is 14.9. The van der Waals surface area contributed by atoms with Crippen LogP contribution in [0.1, 0.15) is 63.5 Å². The monoisotopic (exact) mass is 318 g/mol. The summed E-state index contributed by atoms with van der Waals surface area (Å²) in [6.45, 7) is 7.32. The van der Waals surface area contributed by atoms with E-state index in [1.807, 2.05) is 0 Å². The predicted octanol–water partition coefficient (Wildman–Crippen LogP) is 4.73. The molecule has 0 radical (unpaired) electrons. The lowest BCUT2D eigenvalue weighted by molar-refractivity contribution is -0.142. The Labute approximate surface area is 140 Å². The second kappa shape index (κ2) is 8.37. The molecule has 23 heavy (non-hydrogen) atoms. The molecule has 1 aliphatic rings. The van der Waals surface area contributed by atoms with Gasteiger partial charge in [-0.25, -0.2) is 0 Å². The highest BCUT2D eigenvalue weighted by Crippen LogP contribution is 2.47. The van der Waals surface area contributed by atoms with Gasteiger partial charge in [0.1, 0.15) is 5.75 Å². The third-order valence-corrected chi connectivity index (χ3v) is 4.91. The Morgan fingerprint density at radius 2 is 2.09 bits per heavy atom. The molecule has 3 nitrogen and oxygen atoms in total. The Morgan fingerprint density at radius 3 is 2.70 bits per heavy atom. The van der Waals surface area contributed by atoms with E-state index in [2.05, 4.69) is 39.0 Å². The van der Waals surface area contributed by atoms with Crippen molar-refractivity contribution in [1.82, 2.24) is 0 Å². The second-order valence-corrected chi connectivity index (χ2v) is 6.53. The van der Waals surface area contributed by atoms with Gasteiger partial charge in [-0.05, 0) is 67.2 Å². The first-order valence-electron chi connectivity index (χ1n) is 8.97. The summed E-state index contributed by atoms with van der Waals surface area (Å²) < 4.78 is 10.6.